The zero-order valence-corrected chi connectivity index (χ0v) is 12.6. The number of benzene rings is 1. The molecule has 1 aliphatic carbocycles. The van der Waals surface area contributed by atoms with Gasteiger partial charge in [0.1, 0.15) is 22.4 Å². The Morgan fingerprint density at radius 1 is 1.43 bits per heavy atom. The molecule has 1 aliphatic rings. The number of rotatable bonds is 3. The second kappa shape index (κ2) is 4.60. The lowest BCUT2D eigenvalue weighted by molar-refractivity contribution is -0.159. The van der Waals surface area contributed by atoms with E-state index in [1.807, 2.05) is 51.1 Å². The predicted molar refractivity (Wildman–Crippen MR) is 78.9 cm³/mol. The number of aliphatic hydroxyl groups excluding tert-OH is 1. The molecule has 1 fully saturated rings. The number of esters is 1. The van der Waals surface area contributed by atoms with E-state index in [4.69, 9.17) is 9.15 Å². The lowest BCUT2D eigenvalue weighted by atomic mass is 9.99. The van der Waals surface area contributed by atoms with Crippen LogP contribution < -0.4 is 0 Å². The van der Waals surface area contributed by atoms with Gasteiger partial charge >= 0.3 is 5.97 Å². The molecule has 0 saturated heterocycles. The molecule has 2 atom stereocenters. The van der Waals surface area contributed by atoms with Crippen molar-refractivity contribution in [1.29, 1.82) is 0 Å². The molecule has 3 rings (SSSR count). The maximum Gasteiger partial charge on any atom is 0.320 e. The molecule has 1 N–H and O–H groups in total. The van der Waals surface area contributed by atoms with Crippen molar-refractivity contribution in [2.45, 2.75) is 38.2 Å². The molecule has 4 heteroatoms. The third-order valence-electron chi connectivity index (χ3n) is 3.95. The fraction of sp³-hybridized carbons (Fsp3) is 0.471. The first kappa shape index (κ1) is 14.1. The van der Waals surface area contributed by atoms with Crippen LogP contribution in [0.4, 0.5) is 0 Å². The number of hydrogen-bond donors (Lipinski definition) is 1. The number of ether oxygens (including phenoxy) is 1. The van der Waals surface area contributed by atoms with Crippen molar-refractivity contribution in [2.75, 3.05) is 6.61 Å². The van der Waals surface area contributed by atoms with Gasteiger partial charge in [-0.2, -0.15) is 0 Å². The van der Waals surface area contributed by atoms with Gasteiger partial charge in [0.15, 0.2) is 0 Å². The molecule has 4 nitrogen and oxygen atoms in total. The molecule has 1 heterocycles. The summed E-state index contributed by atoms with van der Waals surface area (Å²) in [5, 5.41) is 10.4. The van der Waals surface area contributed by atoms with Gasteiger partial charge in [-0.25, -0.2) is 0 Å². The molecule has 21 heavy (non-hydrogen) atoms. The second-order valence-electron chi connectivity index (χ2n) is 6.71. The van der Waals surface area contributed by atoms with E-state index in [-0.39, 0.29) is 18.5 Å². The Hall–Kier alpha value is -1.81. The van der Waals surface area contributed by atoms with Gasteiger partial charge < -0.3 is 14.3 Å². The van der Waals surface area contributed by atoms with Gasteiger partial charge in [0.2, 0.25) is 0 Å². The summed E-state index contributed by atoms with van der Waals surface area (Å²) < 4.78 is 11.4. The lowest BCUT2D eigenvalue weighted by Gasteiger charge is -2.23. The second-order valence-corrected chi connectivity index (χ2v) is 6.71. The summed E-state index contributed by atoms with van der Waals surface area (Å²) in [4.78, 5) is 12.6. The maximum absolute atomic E-state index is 12.6. The Bertz CT molecular complexity index is 646. The number of carbonyl (C=O) groups is 1. The average Bonchev–Trinajstić information content (AvgIpc) is 3.00. The largest absolute Gasteiger partial charge is 0.460 e. The molecular weight excluding hydrogens is 268 g/mol. The van der Waals surface area contributed by atoms with Crippen LogP contribution in [0.15, 0.2) is 34.7 Å². The molecule has 1 aromatic carbocycles. The summed E-state index contributed by atoms with van der Waals surface area (Å²) in [7, 11) is 0. The molecule has 0 bridgehead atoms. The molecule has 1 saturated carbocycles. The number of furan rings is 1. The summed E-state index contributed by atoms with van der Waals surface area (Å²) in [6.07, 6.45) is 0.568. The minimum absolute atomic E-state index is 0.0453. The number of fused-ring (bicyclic) bond motifs is 1. The third kappa shape index (κ3) is 2.33. The van der Waals surface area contributed by atoms with Crippen molar-refractivity contribution in [1.82, 2.24) is 0 Å². The maximum atomic E-state index is 12.6. The SMILES string of the molecule is CC(C)(C)OC(=O)C1(c2cc3ccccc3o2)CC1CO. The zero-order chi connectivity index (χ0) is 15.3. The quantitative estimate of drug-likeness (QED) is 0.882. The van der Waals surface area contributed by atoms with Crippen LogP contribution in [0.2, 0.25) is 0 Å². The molecule has 112 valence electrons. The van der Waals surface area contributed by atoms with Crippen molar-refractivity contribution in [3.63, 3.8) is 0 Å². The number of carbonyl (C=O) groups excluding carboxylic acids is 1. The minimum atomic E-state index is -0.832. The van der Waals surface area contributed by atoms with Crippen LogP contribution in [0, 0.1) is 5.92 Å². The summed E-state index contributed by atoms with van der Waals surface area (Å²) in [6, 6.07) is 9.53. The molecular formula is C17H20O4. The standard InChI is InChI=1S/C17H20O4/c1-16(2,3)21-15(19)17(9-12(17)10-18)14-8-11-6-4-5-7-13(11)20-14/h4-8,12,18H,9-10H2,1-3H3. The van der Waals surface area contributed by atoms with Crippen LogP contribution in [-0.2, 0) is 14.9 Å². The fourth-order valence-corrected chi connectivity index (χ4v) is 2.77. The van der Waals surface area contributed by atoms with E-state index in [0.717, 1.165) is 11.0 Å². The molecule has 2 aromatic rings. The lowest BCUT2D eigenvalue weighted by Crippen LogP contribution is -2.33. The summed E-state index contributed by atoms with van der Waals surface area (Å²) >= 11 is 0. The van der Waals surface area contributed by atoms with Gasteiger partial charge in [0.25, 0.3) is 0 Å². The monoisotopic (exact) mass is 288 g/mol. The summed E-state index contributed by atoms with van der Waals surface area (Å²) in [5.74, 6) is 0.151. The van der Waals surface area contributed by atoms with E-state index >= 15 is 0 Å². The molecule has 2 unspecified atom stereocenters. The van der Waals surface area contributed by atoms with Gasteiger partial charge in [-0.15, -0.1) is 0 Å². The number of aliphatic hydroxyl groups is 1. The third-order valence-corrected chi connectivity index (χ3v) is 3.95. The Morgan fingerprint density at radius 3 is 2.71 bits per heavy atom. The fourth-order valence-electron chi connectivity index (χ4n) is 2.77. The Kier molecular flexibility index (Phi) is 3.10. The Balaban J connectivity index is 2.00. The van der Waals surface area contributed by atoms with Crippen LogP contribution in [0.3, 0.4) is 0 Å². The van der Waals surface area contributed by atoms with Crippen LogP contribution in [0.25, 0.3) is 11.0 Å². The van der Waals surface area contributed by atoms with Gasteiger partial charge in [-0.3, -0.25) is 4.79 Å². The highest BCUT2D eigenvalue weighted by atomic mass is 16.6. The van der Waals surface area contributed by atoms with E-state index in [1.165, 1.54) is 0 Å². The van der Waals surface area contributed by atoms with Crippen LogP contribution in [0.1, 0.15) is 33.0 Å². The topological polar surface area (TPSA) is 59.7 Å². The van der Waals surface area contributed by atoms with Gasteiger partial charge in [-0.1, -0.05) is 18.2 Å². The molecule has 1 aromatic heterocycles. The molecule has 0 aliphatic heterocycles. The van der Waals surface area contributed by atoms with E-state index < -0.39 is 11.0 Å². The first-order chi connectivity index (χ1) is 9.87. The highest BCUT2D eigenvalue weighted by molar-refractivity contribution is 5.89. The Morgan fingerprint density at radius 2 is 2.14 bits per heavy atom. The van der Waals surface area contributed by atoms with E-state index in [0.29, 0.717) is 12.2 Å². The van der Waals surface area contributed by atoms with E-state index in [1.54, 1.807) is 0 Å². The smallest absolute Gasteiger partial charge is 0.320 e. The van der Waals surface area contributed by atoms with Crippen molar-refractivity contribution >= 4 is 16.9 Å². The van der Waals surface area contributed by atoms with Gasteiger partial charge in [-0.05, 0) is 39.3 Å². The van der Waals surface area contributed by atoms with E-state index in [2.05, 4.69) is 0 Å². The van der Waals surface area contributed by atoms with Crippen LogP contribution in [-0.4, -0.2) is 23.3 Å². The Labute approximate surface area is 123 Å². The van der Waals surface area contributed by atoms with E-state index in [9.17, 15) is 9.90 Å². The first-order valence-electron chi connectivity index (χ1n) is 7.20. The predicted octanol–water partition coefficient (Wildman–Crippen LogP) is 3.02. The van der Waals surface area contributed by atoms with Crippen molar-refractivity contribution in [2.24, 2.45) is 5.92 Å². The summed E-state index contributed by atoms with van der Waals surface area (Å²) in [5.41, 5.74) is -0.640. The van der Waals surface area contributed by atoms with Crippen molar-refractivity contribution in [3.8, 4) is 0 Å². The highest BCUT2D eigenvalue weighted by Gasteiger charge is 2.65. The highest BCUT2D eigenvalue weighted by Crippen LogP contribution is 2.56. The number of para-hydroxylation sites is 1. The molecule has 0 radical (unpaired) electrons. The minimum Gasteiger partial charge on any atom is -0.460 e. The first-order valence-corrected chi connectivity index (χ1v) is 7.20. The zero-order valence-electron chi connectivity index (χ0n) is 12.6. The van der Waals surface area contributed by atoms with Crippen molar-refractivity contribution < 1.29 is 19.1 Å². The van der Waals surface area contributed by atoms with Crippen LogP contribution in [0.5, 0.6) is 0 Å². The van der Waals surface area contributed by atoms with Crippen LogP contribution >= 0.6 is 0 Å². The normalized spacial score (nSPS) is 25.0. The molecule has 0 amide bonds. The average molecular weight is 288 g/mol. The number of hydrogen-bond acceptors (Lipinski definition) is 4. The van der Waals surface area contributed by atoms with Crippen molar-refractivity contribution in [3.05, 3.63) is 36.1 Å². The van der Waals surface area contributed by atoms with Gasteiger partial charge in [0, 0.05) is 17.9 Å². The summed E-state index contributed by atoms with van der Waals surface area (Å²) in [6.45, 7) is 5.48. The van der Waals surface area contributed by atoms with Gasteiger partial charge in [0.05, 0.1) is 0 Å². The molecule has 0 spiro atoms.